The molecule has 0 bridgehead atoms. The van der Waals surface area contributed by atoms with Crippen LogP contribution in [0.5, 0.6) is 5.75 Å². The number of aliphatic hydroxyl groups excluding tert-OH is 1. The van der Waals surface area contributed by atoms with Crippen molar-refractivity contribution in [2.45, 2.75) is 38.2 Å². The molecule has 0 radical (unpaired) electrons. The lowest BCUT2D eigenvalue weighted by Crippen LogP contribution is -2.49. The summed E-state index contributed by atoms with van der Waals surface area (Å²) >= 11 is 0. The van der Waals surface area contributed by atoms with Gasteiger partial charge in [0.2, 0.25) is 0 Å². The largest absolute Gasteiger partial charge is 0.493 e. The van der Waals surface area contributed by atoms with E-state index in [-0.39, 0.29) is 5.41 Å². The van der Waals surface area contributed by atoms with Crippen LogP contribution >= 0.6 is 0 Å². The minimum absolute atomic E-state index is 0.348. The lowest BCUT2D eigenvalue weighted by molar-refractivity contribution is 0.0392. The second kappa shape index (κ2) is 5.29. The van der Waals surface area contributed by atoms with Gasteiger partial charge >= 0.3 is 0 Å². The summed E-state index contributed by atoms with van der Waals surface area (Å²) in [5.41, 5.74) is 6.73. The normalized spacial score (nSPS) is 24.5. The summed E-state index contributed by atoms with van der Waals surface area (Å²) in [6.07, 6.45) is 1.15. The Kier molecular flexibility index (Phi) is 3.93. The molecule has 0 spiro atoms. The second-order valence-electron chi connectivity index (χ2n) is 5.60. The molecule has 3 nitrogen and oxygen atoms in total. The second-order valence-corrected chi connectivity index (χ2v) is 5.60. The van der Waals surface area contributed by atoms with E-state index in [2.05, 4.69) is 13.8 Å². The van der Waals surface area contributed by atoms with Crippen molar-refractivity contribution in [3.63, 3.8) is 0 Å². The van der Waals surface area contributed by atoms with Crippen molar-refractivity contribution in [1.29, 1.82) is 0 Å². The summed E-state index contributed by atoms with van der Waals surface area (Å²) in [6, 6.07) is 7.94. The van der Waals surface area contributed by atoms with Crippen LogP contribution in [0.1, 0.15) is 32.3 Å². The highest BCUT2D eigenvalue weighted by molar-refractivity contribution is 5.42. The van der Waals surface area contributed by atoms with Crippen LogP contribution in [0.4, 0.5) is 0 Å². The van der Waals surface area contributed by atoms with Crippen molar-refractivity contribution in [3.8, 4) is 5.75 Å². The smallest absolute Gasteiger partial charge is 0.123 e. The highest BCUT2D eigenvalue weighted by Crippen LogP contribution is 2.42. The van der Waals surface area contributed by atoms with Gasteiger partial charge in [-0.2, -0.15) is 0 Å². The van der Waals surface area contributed by atoms with E-state index in [0.29, 0.717) is 19.1 Å². The van der Waals surface area contributed by atoms with Gasteiger partial charge in [0.1, 0.15) is 5.75 Å². The quantitative estimate of drug-likeness (QED) is 0.859. The van der Waals surface area contributed by atoms with E-state index in [1.807, 2.05) is 24.3 Å². The molecule has 0 saturated heterocycles. The molecular formula is C15H23NO2. The van der Waals surface area contributed by atoms with E-state index in [1.165, 1.54) is 0 Å². The number of hydrogen-bond donors (Lipinski definition) is 2. The molecule has 3 N–H and O–H groups in total. The third kappa shape index (κ3) is 2.25. The van der Waals surface area contributed by atoms with Crippen LogP contribution in [0.15, 0.2) is 24.3 Å². The van der Waals surface area contributed by atoms with Gasteiger partial charge in [0.05, 0.1) is 12.7 Å². The molecule has 0 saturated carbocycles. The van der Waals surface area contributed by atoms with Crippen LogP contribution < -0.4 is 10.5 Å². The number of benzene rings is 1. The highest BCUT2D eigenvalue weighted by Gasteiger charge is 2.42. The van der Waals surface area contributed by atoms with Crippen LogP contribution in [0.25, 0.3) is 0 Å². The van der Waals surface area contributed by atoms with Crippen molar-refractivity contribution in [2.75, 3.05) is 13.2 Å². The fourth-order valence-corrected chi connectivity index (χ4v) is 2.85. The van der Waals surface area contributed by atoms with Crippen LogP contribution in [0, 0.1) is 5.92 Å². The Hall–Kier alpha value is -1.06. The molecular weight excluding hydrogens is 226 g/mol. The lowest BCUT2D eigenvalue weighted by Gasteiger charge is -2.42. The molecule has 100 valence electrons. The molecule has 1 aromatic rings. The molecule has 2 rings (SSSR count). The molecule has 0 aliphatic carbocycles. The number of fused-ring (bicyclic) bond motifs is 1. The predicted octanol–water partition coefficient (Wildman–Crippen LogP) is 2.07. The molecule has 0 aromatic heterocycles. The summed E-state index contributed by atoms with van der Waals surface area (Å²) < 4.78 is 5.67. The summed E-state index contributed by atoms with van der Waals surface area (Å²) in [5, 5.41) is 10.6. The minimum Gasteiger partial charge on any atom is -0.493 e. The van der Waals surface area contributed by atoms with Crippen LogP contribution in [0.2, 0.25) is 0 Å². The van der Waals surface area contributed by atoms with Gasteiger partial charge in [-0.25, -0.2) is 0 Å². The average Bonchev–Trinajstić information content (AvgIpc) is 2.37. The maximum atomic E-state index is 10.6. The monoisotopic (exact) mass is 249 g/mol. The molecule has 2 atom stereocenters. The minimum atomic E-state index is -0.410. The maximum absolute atomic E-state index is 10.6. The number of nitrogens with two attached hydrogens (primary N) is 1. The van der Waals surface area contributed by atoms with Gasteiger partial charge in [0.25, 0.3) is 0 Å². The molecule has 0 amide bonds. The molecule has 3 heteroatoms. The molecule has 1 aromatic carbocycles. The van der Waals surface area contributed by atoms with Gasteiger partial charge in [0, 0.05) is 17.5 Å². The summed E-state index contributed by atoms with van der Waals surface area (Å²) in [4.78, 5) is 0. The number of aliphatic hydroxyl groups is 1. The number of hydrogen-bond acceptors (Lipinski definition) is 3. The zero-order chi connectivity index (χ0) is 13.2. The van der Waals surface area contributed by atoms with E-state index < -0.39 is 6.10 Å². The van der Waals surface area contributed by atoms with E-state index in [0.717, 1.165) is 24.2 Å². The van der Waals surface area contributed by atoms with Crippen molar-refractivity contribution >= 4 is 0 Å². The summed E-state index contributed by atoms with van der Waals surface area (Å²) in [5.74, 6) is 1.33. The Morgan fingerprint density at radius 3 is 2.78 bits per heavy atom. The fourth-order valence-electron chi connectivity index (χ4n) is 2.85. The van der Waals surface area contributed by atoms with E-state index in [1.54, 1.807) is 0 Å². The maximum Gasteiger partial charge on any atom is 0.123 e. The lowest BCUT2D eigenvalue weighted by atomic mass is 9.70. The van der Waals surface area contributed by atoms with E-state index in [9.17, 15) is 5.11 Å². The van der Waals surface area contributed by atoms with Gasteiger partial charge in [-0.1, -0.05) is 32.0 Å². The highest BCUT2D eigenvalue weighted by atomic mass is 16.5. The first-order chi connectivity index (χ1) is 8.60. The number of para-hydroxylation sites is 1. The molecule has 1 aliphatic rings. The molecule has 18 heavy (non-hydrogen) atoms. The van der Waals surface area contributed by atoms with Crippen molar-refractivity contribution < 1.29 is 9.84 Å². The first-order valence-corrected chi connectivity index (χ1v) is 6.70. The topological polar surface area (TPSA) is 55.5 Å². The van der Waals surface area contributed by atoms with Gasteiger partial charge in [-0.3, -0.25) is 0 Å². The van der Waals surface area contributed by atoms with Crippen LogP contribution in [0.3, 0.4) is 0 Å². The van der Waals surface area contributed by atoms with Gasteiger partial charge in [-0.05, 0) is 24.8 Å². The zero-order valence-corrected chi connectivity index (χ0v) is 11.2. The van der Waals surface area contributed by atoms with Gasteiger partial charge in [0.15, 0.2) is 0 Å². The third-order valence-electron chi connectivity index (χ3n) is 3.93. The summed E-state index contributed by atoms with van der Waals surface area (Å²) in [7, 11) is 0. The number of ether oxygens (including phenoxy) is 1. The molecule has 0 fully saturated rings. The van der Waals surface area contributed by atoms with E-state index in [4.69, 9.17) is 10.5 Å². The summed E-state index contributed by atoms with van der Waals surface area (Å²) in [6.45, 7) is 5.34. The standard InChI is InChI=1S/C15H23NO2/c1-11(2)9-14(17)15(10-16)7-8-18-13-6-4-3-5-12(13)15/h3-6,11,14,17H,7-10,16H2,1-2H3. The first-order valence-electron chi connectivity index (χ1n) is 6.70. The van der Waals surface area contributed by atoms with Crippen molar-refractivity contribution in [2.24, 2.45) is 11.7 Å². The zero-order valence-electron chi connectivity index (χ0n) is 11.2. The SMILES string of the molecule is CC(C)CC(O)C1(CN)CCOc2ccccc21. The number of rotatable bonds is 4. The Morgan fingerprint density at radius 2 is 2.11 bits per heavy atom. The van der Waals surface area contributed by atoms with Crippen molar-refractivity contribution in [1.82, 2.24) is 0 Å². The van der Waals surface area contributed by atoms with Crippen molar-refractivity contribution in [3.05, 3.63) is 29.8 Å². The Morgan fingerprint density at radius 1 is 1.39 bits per heavy atom. The third-order valence-corrected chi connectivity index (χ3v) is 3.93. The Labute approximate surface area is 109 Å². The predicted molar refractivity (Wildman–Crippen MR) is 72.7 cm³/mol. The van der Waals surface area contributed by atoms with Crippen LogP contribution in [-0.4, -0.2) is 24.4 Å². The van der Waals surface area contributed by atoms with Gasteiger partial charge < -0.3 is 15.6 Å². The Balaban J connectivity index is 2.39. The Bertz CT molecular complexity index is 405. The fraction of sp³-hybridized carbons (Fsp3) is 0.600. The molecule has 1 aliphatic heterocycles. The van der Waals surface area contributed by atoms with Crippen LogP contribution in [-0.2, 0) is 5.41 Å². The average molecular weight is 249 g/mol. The molecule has 1 heterocycles. The first kappa shape index (κ1) is 13.4. The van der Waals surface area contributed by atoms with E-state index >= 15 is 0 Å². The molecule has 2 unspecified atom stereocenters. The van der Waals surface area contributed by atoms with Gasteiger partial charge in [-0.15, -0.1) is 0 Å².